The summed E-state index contributed by atoms with van der Waals surface area (Å²) in [7, 11) is 2.19. The first kappa shape index (κ1) is 18.0. The van der Waals surface area contributed by atoms with Crippen molar-refractivity contribution in [1.29, 1.82) is 0 Å². The van der Waals surface area contributed by atoms with E-state index in [-0.39, 0.29) is 0 Å². The van der Waals surface area contributed by atoms with E-state index in [1.165, 1.54) is 9.37 Å². The summed E-state index contributed by atoms with van der Waals surface area (Å²) in [6, 6.07) is 33.4. The second-order valence-corrected chi connectivity index (χ2v) is 27.5. The molecule has 0 aliphatic heterocycles. The zero-order valence-electron chi connectivity index (χ0n) is 13.6. The van der Waals surface area contributed by atoms with Crippen molar-refractivity contribution in [2.45, 2.75) is 6.42 Å². The molecule has 0 atom stereocenters. The molecular weight excluding hydrogens is 527 g/mol. The van der Waals surface area contributed by atoms with Crippen LogP contribution in [0.2, 0.25) is 0 Å². The van der Waals surface area contributed by atoms with Gasteiger partial charge < -0.3 is 0 Å². The molecule has 24 heavy (non-hydrogen) atoms. The summed E-state index contributed by atoms with van der Waals surface area (Å²) in [4.78, 5) is 0. The molecule has 3 aromatic rings. The van der Waals surface area contributed by atoms with Crippen LogP contribution < -0.4 is 9.37 Å². The van der Waals surface area contributed by atoms with Gasteiger partial charge in [0, 0.05) is 0 Å². The molecule has 0 N–H and O–H groups in total. The Labute approximate surface area is 157 Å². The van der Waals surface area contributed by atoms with Crippen molar-refractivity contribution in [2.24, 2.45) is 0 Å². The maximum absolute atomic E-state index is 5.98. The fourth-order valence-corrected chi connectivity index (χ4v) is 30.7. The predicted octanol–water partition coefficient (Wildman–Crippen LogP) is 4.02. The molecule has 0 spiro atoms. The van der Waals surface area contributed by atoms with Crippen LogP contribution in [0.3, 0.4) is 0 Å². The van der Waals surface area contributed by atoms with Gasteiger partial charge in [-0.1, -0.05) is 0 Å². The average Bonchev–Trinajstić information content (AvgIpc) is 2.68. The third-order valence-electron chi connectivity index (χ3n) is 4.14. The van der Waals surface area contributed by atoms with Crippen LogP contribution in [0.25, 0.3) is 0 Å². The molecule has 0 amide bonds. The van der Waals surface area contributed by atoms with Crippen molar-refractivity contribution < 1.29 is 0 Å². The van der Waals surface area contributed by atoms with Crippen molar-refractivity contribution in [1.82, 2.24) is 0 Å². The van der Waals surface area contributed by atoms with Crippen LogP contribution in [0.15, 0.2) is 91.0 Å². The first-order chi connectivity index (χ1) is 11.9. The Balaban J connectivity index is 2.20. The number of rotatable bonds is 7. The maximum atomic E-state index is 5.98. The predicted molar refractivity (Wildman–Crippen MR) is 112 cm³/mol. The van der Waals surface area contributed by atoms with Gasteiger partial charge in [0.25, 0.3) is 0 Å². The standard InChI is InChI=1S/3C6H5.C3H7ClS.Pb/c3*1-2-4-6-5-3-1;4-2-1-3-5;/h3*1-5H;5H,1-3H2;/q;;;;+1/p-1. The van der Waals surface area contributed by atoms with Gasteiger partial charge in [0.1, 0.15) is 0 Å². The number of alkyl halides is 1. The summed E-state index contributed by atoms with van der Waals surface area (Å²) >= 11 is 2.74. The molecule has 3 rings (SSSR count). The van der Waals surface area contributed by atoms with E-state index in [1.54, 1.807) is 0 Å². The van der Waals surface area contributed by atoms with Gasteiger partial charge in [-0.25, -0.2) is 0 Å². The Morgan fingerprint density at radius 1 is 0.625 bits per heavy atom. The fraction of sp³-hybridized carbons (Fsp3) is 0.143. The van der Waals surface area contributed by atoms with Gasteiger partial charge in [0.15, 0.2) is 0 Å². The van der Waals surface area contributed by atoms with Gasteiger partial charge in [0.2, 0.25) is 0 Å². The van der Waals surface area contributed by atoms with Crippen molar-refractivity contribution in [2.75, 3.05) is 11.6 Å². The van der Waals surface area contributed by atoms with Crippen LogP contribution in [-0.2, 0) is 0 Å². The van der Waals surface area contributed by atoms with E-state index in [2.05, 4.69) is 99.3 Å². The Morgan fingerprint density at radius 2 is 1.00 bits per heavy atom. The van der Waals surface area contributed by atoms with Gasteiger partial charge in [-0.15, -0.1) is 0 Å². The molecule has 0 saturated heterocycles. The summed E-state index contributed by atoms with van der Waals surface area (Å²) < 4.78 is 4.59. The topological polar surface area (TPSA) is 0 Å². The zero-order valence-corrected chi connectivity index (χ0v) is 19.0. The molecule has 0 saturated carbocycles. The molecule has 0 nitrogen and oxygen atoms in total. The second-order valence-electron chi connectivity index (χ2n) is 5.67. The Hall–Kier alpha value is -0.778. The molecule has 0 aliphatic carbocycles. The molecule has 0 unspecified atom stereocenters. The average molecular weight is 548 g/mol. The van der Waals surface area contributed by atoms with Crippen molar-refractivity contribution in [3.05, 3.63) is 91.0 Å². The number of hydrogen-bond acceptors (Lipinski definition) is 1. The van der Waals surface area contributed by atoms with Gasteiger partial charge in [0.05, 0.1) is 0 Å². The van der Waals surface area contributed by atoms with Gasteiger partial charge in [-0.2, -0.15) is 0 Å². The van der Waals surface area contributed by atoms with Crippen LogP contribution >= 0.6 is 19.9 Å². The molecule has 0 aromatic heterocycles. The second kappa shape index (κ2) is 9.07. The molecule has 3 aromatic carbocycles. The normalized spacial score (nSPS) is 11.4. The van der Waals surface area contributed by atoms with Crippen LogP contribution in [0.1, 0.15) is 6.42 Å². The van der Waals surface area contributed by atoms with E-state index in [1.807, 2.05) is 0 Å². The van der Waals surface area contributed by atoms with Gasteiger partial charge in [-0.3, -0.25) is 0 Å². The van der Waals surface area contributed by atoms with E-state index in [4.69, 9.17) is 11.6 Å². The number of halogens is 1. The molecule has 0 heterocycles. The van der Waals surface area contributed by atoms with E-state index in [0.717, 1.165) is 18.1 Å². The molecular formula is C21H21ClPbS. The van der Waals surface area contributed by atoms with Crippen LogP contribution in [0.4, 0.5) is 0 Å². The Bertz CT molecular complexity index is 635. The molecule has 3 heteroatoms. The summed E-state index contributed by atoms with van der Waals surface area (Å²) in [6.45, 7) is 0. The van der Waals surface area contributed by atoms with Crippen molar-refractivity contribution in [3.63, 3.8) is 0 Å². The Morgan fingerprint density at radius 3 is 1.33 bits per heavy atom. The number of hydrogen-bond donors (Lipinski definition) is 0. The van der Waals surface area contributed by atoms with Crippen molar-refractivity contribution in [3.8, 4) is 0 Å². The molecule has 0 fully saturated rings. The summed E-state index contributed by atoms with van der Waals surface area (Å²) in [5, 5.41) is 0. The van der Waals surface area contributed by atoms with Crippen LogP contribution in [0.5, 0.6) is 0 Å². The van der Waals surface area contributed by atoms with Crippen LogP contribution in [0, 0.1) is 0 Å². The first-order valence-electron chi connectivity index (χ1n) is 8.24. The van der Waals surface area contributed by atoms with E-state index in [0.29, 0.717) is 0 Å². The van der Waals surface area contributed by atoms with E-state index in [9.17, 15) is 0 Å². The van der Waals surface area contributed by atoms with Crippen molar-refractivity contribution >= 4 is 49.0 Å². The van der Waals surface area contributed by atoms with Gasteiger partial charge >= 0.3 is 158 Å². The third kappa shape index (κ3) is 3.89. The third-order valence-corrected chi connectivity index (χ3v) is 32.3. The van der Waals surface area contributed by atoms with E-state index < -0.39 is 19.7 Å². The molecule has 122 valence electrons. The molecule has 0 aliphatic rings. The zero-order chi connectivity index (χ0) is 16.7. The summed E-state index contributed by atoms with van der Waals surface area (Å²) in [5.41, 5.74) is 0. The minimum atomic E-state index is -3.24. The fourth-order valence-electron chi connectivity index (χ4n) is 3.05. The van der Waals surface area contributed by atoms with Crippen LogP contribution in [-0.4, -0.2) is 31.3 Å². The summed E-state index contributed by atoms with van der Waals surface area (Å²) in [5.74, 6) is 1.85. The molecule has 0 bridgehead atoms. The van der Waals surface area contributed by atoms with E-state index >= 15 is 0 Å². The summed E-state index contributed by atoms with van der Waals surface area (Å²) in [6.07, 6.45) is 1.06. The number of benzene rings is 3. The minimum absolute atomic E-state index is 0.731. The molecule has 0 radical (unpaired) electrons. The van der Waals surface area contributed by atoms with Gasteiger partial charge in [-0.05, 0) is 0 Å². The monoisotopic (exact) mass is 548 g/mol. The first-order valence-corrected chi connectivity index (χ1v) is 20.4. The SMILES string of the molecule is ClCCC[S][Pb]([c]1ccccc1)([c]1ccccc1)[c]1ccccc1. The Kier molecular flexibility index (Phi) is 6.81. The quantitative estimate of drug-likeness (QED) is 0.245.